The largest absolute Gasteiger partial charge is 0.308 e. The van der Waals surface area contributed by atoms with E-state index in [-0.39, 0.29) is 0 Å². The highest BCUT2D eigenvalue weighted by Gasteiger charge is 2.18. The summed E-state index contributed by atoms with van der Waals surface area (Å²) in [5.41, 5.74) is 6.53. The van der Waals surface area contributed by atoms with Gasteiger partial charge in [0.25, 0.3) is 0 Å². The van der Waals surface area contributed by atoms with E-state index in [0.717, 1.165) is 22.1 Å². The van der Waals surface area contributed by atoms with Crippen LogP contribution >= 0.6 is 22.7 Å². The number of fused-ring (bicyclic) bond motifs is 9. The number of rotatable bonds is 2. The standard InChI is InChI=1S/C37H20N2S2/c38-21-22-15-17-26-25-7-1-3-11-30(25)39(32(26)19-22)31-12-5-10-28-36-24(9-6-14-35(36)41-37(28)31)23-16-18-34-29(20-23)27-8-2-4-13-33(27)40-34/h1-20H. The van der Waals surface area contributed by atoms with Gasteiger partial charge in [0.15, 0.2) is 0 Å². The Morgan fingerprint density at radius 3 is 2.22 bits per heavy atom. The summed E-state index contributed by atoms with van der Waals surface area (Å²) in [5.74, 6) is 0. The Hall–Kier alpha value is -4.95. The van der Waals surface area contributed by atoms with Gasteiger partial charge in [-0.3, -0.25) is 0 Å². The van der Waals surface area contributed by atoms with E-state index < -0.39 is 0 Å². The van der Waals surface area contributed by atoms with Crippen molar-refractivity contribution >= 4 is 84.8 Å². The summed E-state index contributed by atoms with van der Waals surface area (Å²) in [6.07, 6.45) is 0. The summed E-state index contributed by atoms with van der Waals surface area (Å²) in [4.78, 5) is 0. The minimum atomic E-state index is 0.670. The van der Waals surface area contributed by atoms with Gasteiger partial charge in [0.1, 0.15) is 0 Å². The SMILES string of the molecule is N#Cc1ccc2c3ccccc3n(-c3cccc4c3sc3cccc(-c5ccc6sc7ccccc7c6c5)c34)c2c1. The van der Waals surface area contributed by atoms with E-state index >= 15 is 0 Å². The van der Waals surface area contributed by atoms with Crippen molar-refractivity contribution in [3.63, 3.8) is 0 Å². The first-order valence-electron chi connectivity index (χ1n) is 13.6. The Bertz CT molecular complexity index is 2550. The van der Waals surface area contributed by atoms with Crippen molar-refractivity contribution in [3.05, 3.63) is 127 Å². The summed E-state index contributed by atoms with van der Waals surface area (Å²) < 4.78 is 7.52. The lowest BCUT2D eigenvalue weighted by atomic mass is 9.98. The lowest BCUT2D eigenvalue weighted by Crippen LogP contribution is -1.94. The highest BCUT2D eigenvalue weighted by molar-refractivity contribution is 7.26. The smallest absolute Gasteiger partial charge is 0.0992 e. The average Bonchev–Trinajstić information content (AvgIpc) is 3.69. The van der Waals surface area contributed by atoms with Gasteiger partial charge in [-0.2, -0.15) is 5.26 Å². The van der Waals surface area contributed by atoms with Crippen LogP contribution in [0.2, 0.25) is 0 Å². The second-order valence-electron chi connectivity index (χ2n) is 10.4. The fourth-order valence-electron chi connectivity index (χ4n) is 6.44. The second kappa shape index (κ2) is 8.52. The van der Waals surface area contributed by atoms with Crippen LogP contribution in [-0.4, -0.2) is 4.57 Å². The molecule has 6 aromatic carbocycles. The molecule has 3 heterocycles. The summed E-state index contributed by atoms with van der Waals surface area (Å²) in [6.45, 7) is 0. The van der Waals surface area contributed by atoms with Crippen LogP contribution in [0.5, 0.6) is 0 Å². The minimum Gasteiger partial charge on any atom is -0.308 e. The fraction of sp³-hybridized carbons (Fsp3) is 0. The van der Waals surface area contributed by atoms with E-state index in [4.69, 9.17) is 0 Å². The molecule has 0 amide bonds. The number of hydrogen-bond donors (Lipinski definition) is 0. The molecule has 0 spiro atoms. The maximum atomic E-state index is 9.69. The van der Waals surface area contributed by atoms with Crippen LogP contribution in [0.15, 0.2) is 121 Å². The first-order chi connectivity index (χ1) is 20.3. The molecule has 0 unspecified atom stereocenters. The number of nitrogens with zero attached hydrogens (tertiary/aromatic N) is 2. The zero-order valence-electron chi connectivity index (χ0n) is 21.8. The maximum absolute atomic E-state index is 9.69. The third kappa shape index (κ3) is 3.22. The van der Waals surface area contributed by atoms with Gasteiger partial charge in [0.2, 0.25) is 0 Å². The normalized spacial score (nSPS) is 11.9. The van der Waals surface area contributed by atoms with Crippen molar-refractivity contribution in [2.45, 2.75) is 0 Å². The van der Waals surface area contributed by atoms with Crippen LogP contribution in [0.25, 0.3) is 79.0 Å². The van der Waals surface area contributed by atoms with Gasteiger partial charge in [0, 0.05) is 46.4 Å². The Balaban J connectivity index is 1.35. The molecular weight excluding hydrogens is 537 g/mol. The number of benzene rings is 6. The fourth-order valence-corrected chi connectivity index (χ4v) is 8.76. The molecule has 9 aromatic rings. The topological polar surface area (TPSA) is 28.7 Å². The molecule has 0 aliphatic heterocycles. The molecule has 41 heavy (non-hydrogen) atoms. The number of nitriles is 1. The zero-order chi connectivity index (χ0) is 27.1. The summed E-state index contributed by atoms with van der Waals surface area (Å²) >= 11 is 3.70. The van der Waals surface area contributed by atoms with Crippen molar-refractivity contribution in [3.8, 4) is 22.9 Å². The summed E-state index contributed by atoms with van der Waals surface area (Å²) in [5, 5.41) is 17.2. The summed E-state index contributed by atoms with van der Waals surface area (Å²) in [7, 11) is 0. The summed E-state index contributed by atoms with van der Waals surface area (Å²) in [6, 6.07) is 45.8. The molecule has 0 N–H and O–H groups in total. The van der Waals surface area contributed by atoms with Crippen LogP contribution < -0.4 is 0 Å². The highest BCUT2D eigenvalue weighted by Crippen LogP contribution is 2.45. The molecule has 0 saturated carbocycles. The lowest BCUT2D eigenvalue weighted by molar-refractivity contribution is 1.20. The van der Waals surface area contributed by atoms with Crippen LogP contribution in [0.4, 0.5) is 0 Å². The first kappa shape index (κ1) is 22.8. The Kier molecular flexibility index (Phi) is 4.74. The molecule has 4 heteroatoms. The number of hydrogen-bond acceptors (Lipinski definition) is 3. The van der Waals surface area contributed by atoms with Crippen molar-refractivity contribution in [1.82, 2.24) is 4.57 Å². The molecule has 9 rings (SSSR count). The molecule has 190 valence electrons. The van der Waals surface area contributed by atoms with Crippen LogP contribution in [0, 0.1) is 11.3 Å². The van der Waals surface area contributed by atoms with Gasteiger partial charge in [-0.1, -0.05) is 72.8 Å². The number of thiophene rings is 2. The van der Waals surface area contributed by atoms with Crippen molar-refractivity contribution in [1.29, 1.82) is 5.26 Å². The van der Waals surface area contributed by atoms with Crippen molar-refractivity contribution in [2.24, 2.45) is 0 Å². The van der Waals surface area contributed by atoms with E-state index in [0.29, 0.717) is 5.56 Å². The molecule has 2 nitrogen and oxygen atoms in total. The Morgan fingerprint density at radius 2 is 1.29 bits per heavy atom. The van der Waals surface area contributed by atoms with Gasteiger partial charge >= 0.3 is 0 Å². The third-order valence-electron chi connectivity index (χ3n) is 8.23. The van der Waals surface area contributed by atoms with Gasteiger partial charge < -0.3 is 4.57 Å². The van der Waals surface area contributed by atoms with Crippen molar-refractivity contribution < 1.29 is 0 Å². The van der Waals surface area contributed by atoms with E-state index in [1.807, 2.05) is 34.8 Å². The van der Waals surface area contributed by atoms with Gasteiger partial charge in [0.05, 0.1) is 33.1 Å². The van der Waals surface area contributed by atoms with E-state index in [1.165, 1.54) is 56.9 Å². The molecule has 0 bridgehead atoms. The molecule has 0 atom stereocenters. The molecule has 3 aromatic heterocycles. The van der Waals surface area contributed by atoms with E-state index in [9.17, 15) is 5.26 Å². The van der Waals surface area contributed by atoms with Crippen molar-refractivity contribution in [2.75, 3.05) is 0 Å². The minimum absolute atomic E-state index is 0.670. The maximum Gasteiger partial charge on any atom is 0.0992 e. The van der Waals surface area contributed by atoms with E-state index in [2.05, 4.69) is 120 Å². The van der Waals surface area contributed by atoms with Crippen LogP contribution in [0.1, 0.15) is 5.56 Å². The lowest BCUT2D eigenvalue weighted by Gasteiger charge is -2.10. The third-order valence-corrected chi connectivity index (χ3v) is 10.6. The van der Waals surface area contributed by atoms with Gasteiger partial charge in [-0.05, 0) is 59.7 Å². The Morgan fingerprint density at radius 1 is 0.537 bits per heavy atom. The molecule has 0 fully saturated rings. The van der Waals surface area contributed by atoms with Crippen LogP contribution in [0.3, 0.4) is 0 Å². The predicted octanol–water partition coefficient (Wildman–Crippen LogP) is 11.1. The quantitative estimate of drug-likeness (QED) is 0.208. The number of para-hydroxylation sites is 1. The number of aromatic nitrogens is 1. The molecule has 0 saturated heterocycles. The zero-order valence-corrected chi connectivity index (χ0v) is 23.4. The highest BCUT2D eigenvalue weighted by atomic mass is 32.1. The first-order valence-corrected chi connectivity index (χ1v) is 15.2. The van der Waals surface area contributed by atoms with Crippen LogP contribution in [-0.2, 0) is 0 Å². The average molecular weight is 557 g/mol. The molecule has 0 aliphatic rings. The molecular formula is C37H20N2S2. The van der Waals surface area contributed by atoms with E-state index in [1.54, 1.807) is 0 Å². The van der Waals surface area contributed by atoms with Gasteiger partial charge in [-0.15, -0.1) is 22.7 Å². The monoisotopic (exact) mass is 556 g/mol. The molecule has 0 radical (unpaired) electrons. The van der Waals surface area contributed by atoms with Gasteiger partial charge in [-0.25, -0.2) is 0 Å². The Labute approximate surface area is 243 Å². The molecule has 0 aliphatic carbocycles. The second-order valence-corrected chi connectivity index (χ2v) is 12.6. The predicted molar refractivity (Wildman–Crippen MR) is 177 cm³/mol.